The highest BCUT2D eigenvalue weighted by atomic mass is 16.6. The fourth-order valence-corrected chi connectivity index (χ4v) is 1.35. The van der Waals surface area contributed by atoms with Crippen molar-refractivity contribution in [1.82, 2.24) is 0 Å². The third kappa shape index (κ3) is 2.31. The van der Waals surface area contributed by atoms with Crippen molar-refractivity contribution in [2.45, 2.75) is 0 Å². The van der Waals surface area contributed by atoms with Crippen LogP contribution in [0.2, 0.25) is 0 Å². The van der Waals surface area contributed by atoms with E-state index >= 15 is 0 Å². The van der Waals surface area contributed by atoms with Gasteiger partial charge < -0.3 is 4.90 Å². The molecule has 0 spiro atoms. The quantitative estimate of drug-likeness (QED) is 0.588. The van der Waals surface area contributed by atoms with Gasteiger partial charge >= 0.3 is 11.4 Å². The van der Waals surface area contributed by atoms with E-state index in [1.165, 1.54) is 19.0 Å². The van der Waals surface area contributed by atoms with Crippen molar-refractivity contribution in [3.05, 3.63) is 42.5 Å². The highest BCUT2D eigenvalue weighted by molar-refractivity contribution is 5.73. The summed E-state index contributed by atoms with van der Waals surface area (Å²) in [5.41, 5.74) is -2.32. The Kier molecular flexibility index (Phi) is 3.40. The van der Waals surface area contributed by atoms with E-state index in [4.69, 9.17) is 0 Å². The molecule has 0 aliphatic heterocycles. The molecule has 0 saturated heterocycles. The molecule has 0 saturated carbocycles. The van der Waals surface area contributed by atoms with Crippen LogP contribution < -0.4 is 4.90 Å². The number of hydrogen-bond donors (Lipinski definition) is 0. The molecule has 0 unspecified atom stereocenters. The molecular formula is C8H8N4O6. The minimum absolute atomic E-state index is 0.0719. The highest BCUT2D eigenvalue weighted by Gasteiger charge is 2.31. The van der Waals surface area contributed by atoms with Gasteiger partial charge in [0, 0.05) is 14.1 Å². The lowest BCUT2D eigenvalue weighted by molar-refractivity contribution is -0.424. The van der Waals surface area contributed by atoms with E-state index in [1.807, 2.05) is 0 Å². The number of rotatable bonds is 4. The molecule has 0 aliphatic carbocycles. The molecule has 96 valence electrons. The van der Waals surface area contributed by atoms with Crippen molar-refractivity contribution < 1.29 is 14.8 Å². The maximum atomic E-state index is 10.8. The van der Waals surface area contributed by atoms with Crippen molar-refractivity contribution in [2.24, 2.45) is 0 Å². The Labute approximate surface area is 99.9 Å². The molecule has 0 N–H and O–H groups in total. The summed E-state index contributed by atoms with van der Waals surface area (Å²) in [7, 11) is 2.88. The number of nitro benzene ring substituents is 3. The van der Waals surface area contributed by atoms with Crippen molar-refractivity contribution >= 4 is 22.7 Å². The molecule has 0 bridgehead atoms. The highest BCUT2D eigenvalue weighted by Crippen LogP contribution is 2.38. The summed E-state index contributed by atoms with van der Waals surface area (Å²) < 4.78 is 0. The van der Waals surface area contributed by atoms with Crippen LogP contribution in [0.15, 0.2) is 12.1 Å². The first-order valence-electron chi connectivity index (χ1n) is 4.54. The summed E-state index contributed by atoms with van der Waals surface area (Å²) in [6.07, 6.45) is 0. The molecule has 0 amide bonds. The standard InChI is InChI=1S/C8H8N4O6/c1-9(2)5-3-7(11(15)16)8(12(17)18)4-6(5)10(13)14/h3-4H,1-2H3. The summed E-state index contributed by atoms with van der Waals surface area (Å²) in [4.78, 5) is 30.6. The second-order valence-corrected chi connectivity index (χ2v) is 3.50. The minimum atomic E-state index is -1.02. The molecule has 0 aliphatic rings. The van der Waals surface area contributed by atoms with E-state index in [0.717, 1.165) is 6.07 Å². The van der Waals surface area contributed by atoms with Crippen LogP contribution in [0.25, 0.3) is 0 Å². The van der Waals surface area contributed by atoms with E-state index in [9.17, 15) is 30.3 Å². The lowest BCUT2D eigenvalue weighted by Gasteiger charge is -2.11. The third-order valence-corrected chi connectivity index (χ3v) is 2.14. The largest absolute Gasteiger partial charge is 0.372 e. The maximum absolute atomic E-state index is 10.8. The zero-order valence-electron chi connectivity index (χ0n) is 9.39. The fourth-order valence-electron chi connectivity index (χ4n) is 1.35. The Balaban J connectivity index is 3.66. The van der Waals surface area contributed by atoms with E-state index in [1.54, 1.807) is 0 Å². The molecule has 0 fully saturated rings. The molecule has 1 aromatic rings. The molecule has 0 heterocycles. The van der Waals surface area contributed by atoms with Gasteiger partial charge in [-0.2, -0.15) is 0 Å². The molecule has 1 aromatic carbocycles. The molecule has 10 heteroatoms. The Morgan fingerprint density at radius 3 is 1.56 bits per heavy atom. The Morgan fingerprint density at radius 1 is 0.833 bits per heavy atom. The van der Waals surface area contributed by atoms with E-state index in [0.29, 0.717) is 6.07 Å². The SMILES string of the molecule is CN(C)c1cc([N+](=O)[O-])c([N+](=O)[O-])cc1[N+](=O)[O-]. The lowest BCUT2D eigenvalue weighted by atomic mass is 10.2. The van der Waals surface area contributed by atoms with Gasteiger partial charge in [0.1, 0.15) is 11.8 Å². The summed E-state index contributed by atoms with van der Waals surface area (Å²) in [5.74, 6) is 0. The second-order valence-electron chi connectivity index (χ2n) is 3.50. The predicted molar refractivity (Wildman–Crippen MR) is 60.7 cm³/mol. The monoisotopic (exact) mass is 256 g/mol. The normalized spacial score (nSPS) is 9.89. The van der Waals surface area contributed by atoms with Gasteiger partial charge in [-0.05, 0) is 0 Å². The number of hydrogen-bond acceptors (Lipinski definition) is 7. The number of anilines is 1. The average Bonchev–Trinajstić information content (AvgIpc) is 2.26. The van der Waals surface area contributed by atoms with E-state index < -0.39 is 31.8 Å². The summed E-state index contributed by atoms with van der Waals surface area (Å²) >= 11 is 0. The molecule has 0 radical (unpaired) electrons. The van der Waals surface area contributed by atoms with Gasteiger partial charge in [0.15, 0.2) is 0 Å². The first kappa shape index (κ1) is 13.3. The van der Waals surface area contributed by atoms with Crippen molar-refractivity contribution in [2.75, 3.05) is 19.0 Å². The van der Waals surface area contributed by atoms with Gasteiger partial charge in [0.25, 0.3) is 5.69 Å². The van der Waals surface area contributed by atoms with E-state index in [2.05, 4.69) is 0 Å². The van der Waals surface area contributed by atoms with Gasteiger partial charge in [-0.3, -0.25) is 30.3 Å². The van der Waals surface area contributed by atoms with Gasteiger partial charge in [0.05, 0.1) is 20.8 Å². The summed E-state index contributed by atoms with van der Waals surface area (Å²) in [6.45, 7) is 0. The zero-order valence-corrected chi connectivity index (χ0v) is 9.39. The number of nitrogens with zero attached hydrogens (tertiary/aromatic N) is 4. The first-order valence-corrected chi connectivity index (χ1v) is 4.54. The Morgan fingerprint density at radius 2 is 1.22 bits per heavy atom. The summed E-state index contributed by atoms with van der Waals surface area (Å²) in [6, 6.07) is 1.41. The van der Waals surface area contributed by atoms with Crippen LogP contribution in [-0.2, 0) is 0 Å². The van der Waals surface area contributed by atoms with Crippen LogP contribution >= 0.6 is 0 Å². The van der Waals surface area contributed by atoms with Crippen LogP contribution in [-0.4, -0.2) is 28.9 Å². The van der Waals surface area contributed by atoms with Crippen molar-refractivity contribution in [1.29, 1.82) is 0 Å². The van der Waals surface area contributed by atoms with Crippen LogP contribution in [0.3, 0.4) is 0 Å². The van der Waals surface area contributed by atoms with Crippen LogP contribution in [0.5, 0.6) is 0 Å². The Bertz CT molecular complexity index is 541. The lowest BCUT2D eigenvalue weighted by Crippen LogP contribution is -2.12. The van der Waals surface area contributed by atoms with E-state index in [-0.39, 0.29) is 5.69 Å². The van der Waals surface area contributed by atoms with Crippen LogP contribution in [0, 0.1) is 30.3 Å². The van der Waals surface area contributed by atoms with Crippen LogP contribution in [0.4, 0.5) is 22.7 Å². The Hall–Kier alpha value is -2.78. The van der Waals surface area contributed by atoms with Gasteiger partial charge in [0.2, 0.25) is 0 Å². The second kappa shape index (κ2) is 4.61. The third-order valence-electron chi connectivity index (χ3n) is 2.14. The van der Waals surface area contributed by atoms with Crippen molar-refractivity contribution in [3.8, 4) is 0 Å². The van der Waals surface area contributed by atoms with Gasteiger partial charge in [-0.25, -0.2) is 0 Å². The molecule has 0 aromatic heterocycles. The molecule has 10 nitrogen and oxygen atoms in total. The number of nitro groups is 3. The molecule has 1 rings (SSSR count). The predicted octanol–water partition coefficient (Wildman–Crippen LogP) is 1.48. The van der Waals surface area contributed by atoms with Gasteiger partial charge in [-0.1, -0.05) is 0 Å². The van der Waals surface area contributed by atoms with Crippen molar-refractivity contribution in [3.63, 3.8) is 0 Å². The maximum Gasteiger partial charge on any atom is 0.353 e. The minimum Gasteiger partial charge on any atom is -0.372 e. The number of benzene rings is 1. The smallest absolute Gasteiger partial charge is 0.353 e. The first-order chi connectivity index (χ1) is 8.25. The van der Waals surface area contributed by atoms with Gasteiger partial charge in [-0.15, -0.1) is 0 Å². The zero-order chi connectivity index (χ0) is 14.0. The average molecular weight is 256 g/mol. The molecule has 18 heavy (non-hydrogen) atoms. The summed E-state index contributed by atoms with van der Waals surface area (Å²) in [5, 5.41) is 32.1. The molecular weight excluding hydrogens is 248 g/mol. The molecule has 0 atom stereocenters. The fraction of sp³-hybridized carbons (Fsp3) is 0.250. The topological polar surface area (TPSA) is 133 Å². The van der Waals surface area contributed by atoms with Crippen LogP contribution in [0.1, 0.15) is 0 Å².